The van der Waals surface area contributed by atoms with Crippen molar-refractivity contribution in [3.8, 4) is 0 Å². The third-order valence-electron chi connectivity index (χ3n) is 4.35. The normalized spacial score (nSPS) is 16.7. The van der Waals surface area contributed by atoms with E-state index >= 15 is 0 Å². The monoisotopic (exact) mass is 430 g/mol. The second-order valence-corrected chi connectivity index (χ2v) is 6.22. The smallest absolute Gasteiger partial charge is 0.191 e. The summed E-state index contributed by atoms with van der Waals surface area (Å²) in [6.45, 7) is 7.87. The van der Waals surface area contributed by atoms with Crippen LogP contribution in [0.2, 0.25) is 0 Å². The molecular weight excluding hydrogens is 399 g/mol. The Morgan fingerprint density at radius 2 is 1.87 bits per heavy atom. The van der Waals surface area contributed by atoms with E-state index < -0.39 is 0 Å². The molecule has 1 aromatic rings. The molecule has 5 heteroatoms. The summed E-state index contributed by atoms with van der Waals surface area (Å²) in [6.07, 6.45) is 3.88. The third-order valence-corrected chi connectivity index (χ3v) is 4.35. The Balaban J connectivity index is 0.00000264. The number of rotatable bonds is 6. The second-order valence-electron chi connectivity index (χ2n) is 6.22. The molecule has 4 nitrogen and oxygen atoms in total. The Bertz CT molecular complexity index is 442. The lowest BCUT2D eigenvalue weighted by Gasteiger charge is -2.30. The van der Waals surface area contributed by atoms with Gasteiger partial charge in [-0.25, -0.2) is 0 Å². The summed E-state index contributed by atoms with van der Waals surface area (Å²) < 4.78 is 0. The van der Waals surface area contributed by atoms with Crippen LogP contribution >= 0.6 is 24.0 Å². The van der Waals surface area contributed by atoms with Crippen molar-refractivity contribution >= 4 is 29.9 Å². The highest BCUT2D eigenvalue weighted by atomic mass is 127. The van der Waals surface area contributed by atoms with Crippen LogP contribution in [0, 0.1) is 5.92 Å². The number of hydrogen-bond donors (Lipinski definition) is 2. The lowest BCUT2D eigenvalue weighted by atomic mass is 9.99. The van der Waals surface area contributed by atoms with Gasteiger partial charge in [0.25, 0.3) is 0 Å². The minimum Gasteiger partial charge on any atom is -0.356 e. The highest BCUT2D eigenvalue weighted by Gasteiger charge is 2.14. The molecule has 0 aromatic heterocycles. The number of guanidine groups is 1. The summed E-state index contributed by atoms with van der Waals surface area (Å²) in [5, 5.41) is 6.76. The molecule has 0 unspecified atom stereocenters. The van der Waals surface area contributed by atoms with Gasteiger partial charge in [-0.1, -0.05) is 37.3 Å². The second kappa shape index (κ2) is 11.7. The molecule has 1 fully saturated rings. The van der Waals surface area contributed by atoms with Crippen molar-refractivity contribution in [3.63, 3.8) is 0 Å². The van der Waals surface area contributed by atoms with Crippen LogP contribution in [0.4, 0.5) is 0 Å². The maximum absolute atomic E-state index is 4.28. The number of likely N-dealkylation sites (tertiary alicyclic amines) is 1. The van der Waals surface area contributed by atoms with Crippen LogP contribution in [-0.2, 0) is 6.54 Å². The summed E-state index contributed by atoms with van der Waals surface area (Å²) in [6, 6.07) is 10.4. The molecular formula is C18H31IN4. The summed E-state index contributed by atoms with van der Waals surface area (Å²) in [7, 11) is 1.83. The molecule has 2 N–H and O–H groups in total. The zero-order valence-electron chi connectivity index (χ0n) is 14.4. The first-order valence-electron chi connectivity index (χ1n) is 8.48. The number of piperidine rings is 1. The minimum atomic E-state index is 0. The van der Waals surface area contributed by atoms with Crippen LogP contribution < -0.4 is 10.6 Å². The molecule has 0 bridgehead atoms. The lowest BCUT2D eigenvalue weighted by Crippen LogP contribution is -2.39. The van der Waals surface area contributed by atoms with Crippen LogP contribution in [0.25, 0.3) is 0 Å². The lowest BCUT2D eigenvalue weighted by molar-refractivity contribution is 0.191. The van der Waals surface area contributed by atoms with Gasteiger partial charge in [0.2, 0.25) is 0 Å². The van der Waals surface area contributed by atoms with Gasteiger partial charge in [0, 0.05) is 20.1 Å². The molecule has 1 heterocycles. The van der Waals surface area contributed by atoms with Gasteiger partial charge in [-0.3, -0.25) is 4.99 Å². The SMILES string of the molecule is CN=C(NCCCN1CCC(C)CC1)NCc1ccccc1.I. The summed E-state index contributed by atoms with van der Waals surface area (Å²) >= 11 is 0. The molecule has 0 amide bonds. The van der Waals surface area contributed by atoms with Crippen LogP contribution in [0.15, 0.2) is 35.3 Å². The quantitative estimate of drug-likeness (QED) is 0.316. The van der Waals surface area contributed by atoms with Gasteiger partial charge < -0.3 is 15.5 Å². The maximum atomic E-state index is 4.28. The average Bonchev–Trinajstić information content (AvgIpc) is 2.57. The standard InChI is InChI=1S/C18H30N4.HI/c1-16-9-13-22(14-10-16)12-6-11-20-18(19-2)21-15-17-7-4-3-5-8-17;/h3-5,7-8,16H,6,9-15H2,1-2H3,(H2,19,20,21);1H. The molecule has 0 aliphatic carbocycles. The van der Waals surface area contributed by atoms with E-state index in [9.17, 15) is 0 Å². The van der Waals surface area contributed by atoms with Crippen LogP contribution in [0.1, 0.15) is 31.7 Å². The van der Waals surface area contributed by atoms with Gasteiger partial charge in [-0.15, -0.1) is 24.0 Å². The van der Waals surface area contributed by atoms with Gasteiger partial charge >= 0.3 is 0 Å². The summed E-state index contributed by atoms with van der Waals surface area (Å²) in [5.74, 6) is 1.80. The van der Waals surface area contributed by atoms with E-state index in [1.165, 1.54) is 44.5 Å². The van der Waals surface area contributed by atoms with Crippen LogP contribution in [0.3, 0.4) is 0 Å². The van der Waals surface area contributed by atoms with Crippen LogP contribution in [0.5, 0.6) is 0 Å². The molecule has 1 saturated heterocycles. The van der Waals surface area contributed by atoms with Crippen molar-refractivity contribution < 1.29 is 0 Å². The molecule has 1 aliphatic heterocycles. The first kappa shape index (κ1) is 20.2. The largest absolute Gasteiger partial charge is 0.356 e. The van der Waals surface area contributed by atoms with E-state index in [0.29, 0.717) is 0 Å². The zero-order chi connectivity index (χ0) is 15.6. The van der Waals surface area contributed by atoms with Gasteiger partial charge in [0.1, 0.15) is 0 Å². The fourth-order valence-electron chi connectivity index (χ4n) is 2.80. The van der Waals surface area contributed by atoms with E-state index in [-0.39, 0.29) is 24.0 Å². The number of hydrogen-bond acceptors (Lipinski definition) is 2. The van der Waals surface area contributed by atoms with Crippen molar-refractivity contribution in [2.75, 3.05) is 33.2 Å². The molecule has 0 atom stereocenters. The van der Waals surface area contributed by atoms with Crippen molar-refractivity contribution in [2.45, 2.75) is 32.7 Å². The number of nitrogens with one attached hydrogen (secondary N) is 2. The predicted octanol–water partition coefficient (Wildman–Crippen LogP) is 3.09. The van der Waals surface area contributed by atoms with E-state index in [1.807, 2.05) is 13.1 Å². The molecule has 1 aliphatic rings. The number of halogens is 1. The average molecular weight is 430 g/mol. The predicted molar refractivity (Wildman–Crippen MR) is 110 cm³/mol. The molecule has 0 radical (unpaired) electrons. The minimum absolute atomic E-state index is 0. The Labute approximate surface area is 158 Å². The number of aliphatic imine (C=N–C) groups is 1. The van der Waals surface area contributed by atoms with Crippen molar-refractivity contribution in [3.05, 3.63) is 35.9 Å². The van der Waals surface area contributed by atoms with Crippen molar-refractivity contribution in [2.24, 2.45) is 10.9 Å². The summed E-state index contributed by atoms with van der Waals surface area (Å²) in [4.78, 5) is 6.86. The third kappa shape index (κ3) is 8.01. The van der Waals surface area contributed by atoms with Gasteiger partial charge in [-0.05, 0) is 50.4 Å². The molecule has 23 heavy (non-hydrogen) atoms. The van der Waals surface area contributed by atoms with E-state index in [0.717, 1.165) is 25.0 Å². The number of nitrogens with zero attached hydrogens (tertiary/aromatic N) is 2. The zero-order valence-corrected chi connectivity index (χ0v) is 16.8. The summed E-state index contributed by atoms with van der Waals surface area (Å²) in [5.41, 5.74) is 1.27. The highest BCUT2D eigenvalue weighted by Crippen LogP contribution is 2.15. The molecule has 0 spiro atoms. The van der Waals surface area contributed by atoms with Gasteiger partial charge in [-0.2, -0.15) is 0 Å². The fraction of sp³-hybridized carbons (Fsp3) is 0.611. The maximum Gasteiger partial charge on any atom is 0.191 e. The van der Waals surface area contributed by atoms with E-state index in [4.69, 9.17) is 0 Å². The van der Waals surface area contributed by atoms with Crippen LogP contribution in [-0.4, -0.2) is 44.1 Å². The Kier molecular flexibility index (Phi) is 10.3. The Morgan fingerprint density at radius 3 is 2.52 bits per heavy atom. The van der Waals surface area contributed by atoms with E-state index in [1.54, 1.807) is 0 Å². The molecule has 2 rings (SSSR count). The van der Waals surface area contributed by atoms with Gasteiger partial charge in [0.05, 0.1) is 0 Å². The first-order valence-corrected chi connectivity index (χ1v) is 8.48. The van der Waals surface area contributed by atoms with E-state index in [2.05, 4.69) is 51.7 Å². The Hall–Kier alpha value is -0.820. The van der Waals surface area contributed by atoms with Crippen molar-refractivity contribution in [1.29, 1.82) is 0 Å². The Morgan fingerprint density at radius 1 is 1.17 bits per heavy atom. The van der Waals surface area contributed by atoms with Gasteiger partial charge in [0.15, 0.2) is 5.96 Å². The topological polar surface area (TPSA) is 39.7 Å². The highest BCUT2D eigenvalue weighted by molar-refractivity contribution is 14.0. The first-order chi connectivity index (χ1) is 10.8. The molecule has 0 saturated carbocycles. The molecule has 1 aromatic carbocycles. The van der Waals surface area contributed by atoms with Crippen molar-refractivity contribution in [1.82, 2.24) is 15.5 Å². The number of benzene rings is 1. The molecule has 130 valence electrons. The fourth-order valence-corrected chi connectivity index (χ4v) is 2.80.